The molecular formula is C14H25N3O2. The van der Waals surface area contributed by atoms with Crippen molar-refractivity contribution in [2.24, 2.45) is 7.05 Å². The van der Waals surface area contributed by atoms with E-state index in [0.29, 0.717) is 25.8 Å². The topological polar surface area (TPSA) is 59.3 Å². The normalized spacial score (nSPS) is 18.6. The van der Waals surface area contributed by atoms with Crippen LogP contribution < -0.4 is 5.32 Å². The lowest BCUT2D eigenvalue weighted by molar-refractivity contribution is -0.0230. The van der Waals surface area contributed by atoms with Crippen LogP contribution >= 0.6 is 0 Å². The molecule has 1 aliphatic carbocycles. The zero-order valence-corrected chi connectivity index (χ0v) is 11.7. The molecule has 1 fully saturated rings. The van der Waals surface area contributed by atoms with Crippen LogP contribution in [0.1, 0.15) is 37.9 Å². The molecule has 0 saturated heterocycles. The Hall–Kier alpha value is -0.910. The van der Waals surface area contributed by atoms with E-state index in [-0.39, 0.29) is 0 Å². The summed E-state index contributed by atoms with van der Waals surface area (Å²) < 4.78 is 7.72. The number of ether oxygens (including phenoxy) is 1. The largest absolute Gasteiger partial charge is 0.389 e. The zero-order chi connectivity index (χ0) is 13.5. The van der Waals surface area contributed by atoms with Crippen LogP contribution in [0.4, 0.5) is 0 Å². The fourth-order valence-electron chi connectivity index (χ4n) is 2.46. The van der Waals surface area contributed by atoms with Crippen LogP contribution in [0.25, 0.3) is 0 Å². The second kappa shape index (κ2) is 7.62. The van der Waals surface area contributed by atoms with Crippen LogP contribution in [-0.4, -0.2) is 40.0 Å². The van der Waals surface area contributed by atoms with Crippen molar-refractivity contribution in [3.8, 4) is 0 Å². The third-order valence-electron chi connectivity index (χ3n) is 3.66. The van der Waals surface area contributed by atoms with Gasteiger partial charge in [-0.15, -0.1) is 0 Å². The van der Waals surface area contributed by atoms with Gasteiger partial charge in [-0.3, -0.25) is 0 Å². The monoisotopic (exact) mass is 267 g/mol. The molecule has 108 valence electrons. The lowest BCUT2D eigenvalue weighted by Crippen LogP contribution is -2.32. The molecule has 1 aliphatic rings. The van der Waals surface area contributed by atoms with Crippen molar-refractivity contribution >= 4 is 0 Å². The van der Waals surface area contributed by atoms with Crippen LogP contribution in [0.3, 0.4) is 0 Å². The maximum absolute atomic E-state index is 9.86. The summed E-state index contributed by atoms with van der Waals surface area (Å²) in [5.41, 5.74) is 0. The number of imidazole rings is 1. The van der Waals surface area contributed by atoms with Gasteiger partial charge < -0.3 is 19.7 Å². The van der Waals surface area contributed by atoms with Gasteiger partial charge in [-0.05, 0) is 12.8 Å². The molecule has 0 radical (unpaired) electrons. The molecule has 1 atom stereocenters. The van der Waals surface area contributed by atoms with Gasteiger partial charge in [0.2, 0.25) is 0 Å². The smallest absolute Gasteiger partial charge is 0.122 e. The SMILES string of the molecule is Cn1ccnc1CNCC(O)COC1CCCCC1. The first kappa shape index (κ1) is 14.5. The lowest BCUT2D eigenvalue weighted by atomic mass is 9.98. The van der Waals surface area contributed by atoms with Gasteiger partial charge in [0.1, 0.15) is 5.82 Å². The minimum Gasteiger partial charge on any atom is -0.389 e. The minimum atomic E-state index is -0.442. The Kier molecular flexibility index (Phi) is 5.82. The van der Waals surface area contributed by atoms with Crippen LogP contribution in [0.15, 0.2) is 12.4 Å². The second-order valence-corrected chi connectivity index (χ2v) is 5.33. The van der Waals surface area contributed by atoms with E-state index >= 15 is 0 Å². The van der Waals surface area contributed by atoms with E-state index in [1.807, 2.05) is 17.8 Å². The van der Waals surface area contributed by atoms with Gasteiger partial charge in [-0.1, -0.05) is 19.3 Å². The van der Waals surface area contributed by atoms with E-state index < -0.39 is 6.10 Å². The van der Waals surface area contributed by atoms with Crippen molar-refractivity contribution in [2.75, 3.05) is 13.2 Å². The van der Waals surface area contributed by atoms with Gasteiger partial charge in [0.25, 0.3) is 0 Å². The van der Waals surface area contributed by atoms with Gasteiger partial charge in [0.05, 0.1) is 25.4 Å². The molecule has 0 amide bonds. The summed E-state index contributed by atoms with van der Waals surface area (Å²) in [6, 6.07) is 0. The predicted octanol–water partition coefficient (Wildman–Crippen LogP) is 1.22. The second-order valence-electron chi connectivity index (χ2n) is 5.33. The molecular weight excluding hydrogens is 242 g/mol. The van der Waals surface area contributed by atoms with Gasteiger partial charge in [0.15, 0.2) is 0 Å². The molecule has 0 aliphatic heterocycles. The molecule has 0 bridgehead atoms. The molecule has 1 aromatic heterocycles. The minimum absolute atomic E-state index is 0.359. The summed E-state index contributed by atoms with van der Waals surface area (Å²) in [6.07, 6.45) is 9.75. The molecule has 0 spiro atoms. The van der Waals surface area contributed by atoms with Gasteiger partial charge in [-0.25, -0.2) is 4.98 Å². The van der Waals surface area contributed by atoms with E-state index in [1.54, 1.807) is 6.20 Å². The fraction of sp³-hybridized carbons (Fsp3) is 0.786. The Morgan fingerprint density at radius 2 is 2.26 bits per heavy atom. The number of nitrogens with zero attached hydrogens (tertiary/aromatic N) is 2. The van der Waals surface area contributed by atoms with Crippen molar-refractivity contribution < 1.29 is 9.84 Å². The molecule has 5 heteroatoms. The van der Waals surface area contributed by atoms with E-state index in [9.17, 15) is 5.11 Å². The summed E-state index contributed by atoms with van der Waals surface area (Å²) in [4.78, 5) is 4.22. The molecule has 2 N–H and O–H groups in total. The number of aliphatic hydroxyl groups excluding tert-OH is 1. The van der Waals surface area contributed by atoms with Crippen molar-refractivity contribution in [3.63, 3.8) is 0 Å². The van der Waals surface area contributed by atoms with Crippen LogP contribution in [0, 0.1) is 0 Å². The van der Waals surface area contributed by atoms with Crippen molar-refractivity contribution in [2.45, 2.75) is 50.9 Å². The van der Waals surface area contributed by atoms with E-state index in [1.165, 1.54) is 19.3 Å². The van der Waals surface area contributed by atoms with E-state index in [4.69, 9.17) is 4.74 Å². The zero-order valence-electron chi connectivity index (χ0n) is 11.7. The Bertz CT molecular complexity index is 361. The number of hydrogen-bond acceptors (Lipinski definition) is 4. The van der Waals surface area contributed by atoms with E-state index in [0.717, 1.165) is 18.7 Å². The summed E-state index contributed by atoms with van der Waals surface area (Å²) in [5.74, 6) is 0.973. The summed E-state index contributed by atoms with van der Waals surface area (Å²) >= 11 is 0. The fourth-order valence-corrected chi connectivity index (χ4v) is 2.46. The van der Waals surface area contributed by atoms with Gasteiger partial charge in [0, 0.05) is 26.0 Å². The lowest BCUT2D eigenvalue weighted by Gasteiger charge is -2.23. The number of rotatable bonds is 7. The van der Waals surface area contributed by atoms with Crippen LogP contribution in [-0.2, 0) is 18.3 Å². The molecule has 1 unspecified atom stereocenters. The molecule has 0 aromatic carbocycles. The quantitative estimate of drug-likeness (QED) is 0.780. The number of aromatic nitrogens is 2. The summed E-state index contributed by atoms with van der Waals surface area (Å²) in [6.45, 7) is 1.64. The molecule has 1 saturated carbocycles. The van der Waals surface area contributed by atoms with Gasteiger partial charge >= 0.3 is 0 Å². The molecule has 19 heavy (non-hydrogen) atoms. The number of hydrogen-bond donors (Lipinski definition) is 2. The number of nitrogens with one attached hydrogen (secondary N) is 1. The maximum Gasteiger partial charge on any atom is 0.122 e. The average Bonchev–Trinajstić information content (AvgIpc) is 2.83. The third kappa shape index (κ3) is 4.93. The third-order valence-corrected chi connectivity index (χ3v) is 3.66. The molecule has 5 nitrogen and oxygen atoms in total. The van der Waals surface area contributed by atoms with Crippen molar-refractivity contribution in [1.29, 1.82) is 0 Å². The molecule has 1 heterocycles. The summed E-state index contributed by atoms with van der Waals surface area (Å²) in [7, 11) is 1.96. The van der Waals surface area contributed by atoms with Crippen molar-refractivity contribution in [3.05, 3.63) is 18.2 Å². The number of aliphatic hydroxyl groups is 1. The summed E-state index contributed by atoms with van der Waals surface area (Å²) in [5, 5.41) is 13.1. The highest BCUT2D eigenvalue weighted by Crippen LogP contribution is 2.20. The van der Waals surface area contributed by atoms with Crippen LogP contribution in [0.5, 0.6) is 0 Å². The molecule has 2 rings (SSSR count). The maximum atomic E-state index is 9.86. The first-order valence-electron chi connectivity index (χ1n) is 7.22. The first-order chi connectivity index (χ1) is 9.25. The standard InChI is InChI=1S/C14H25N3O2/c1-17-8-7-16-14(17)10-15-9-12(18)11-19-13-5-3-2-4-6-13/h7-8,12-13,15,18H,2-6,9-11H2,1H3. The average molecular weight is 267 g/mol. The van der Waals surface area contributed by atoms with Crippen LogP contribution in [0.2, 0.25) is 0 Å². The Morgan fingerprint density at radius 1 is 1.47 bits per heavy atom. The number of aryl methyl sites for hydroxylation is 1. The highest BCUT2D eigenvalue weighted by Gasteiger charge is 2.15. The Morgan fingerprint density at radius 3 is 2.95 bits per heavy atom. The predicted molar refractivity (Wildman–Crippen MR) is 73.7 cm³/mol. The van der Waals surface area contributed by atoms with Crippen molar-refractivity contribution in [1.82, 2.24) is 14.9 Å². The molecule has 1 aromatic rings. The highest BCUT2D eigenvalue weighted by atomic mass is 16.5. The van der Waals surface area contributed by atoms with E-state index in [2.05, 4.69) is 10.3 Å². The van der Waals surface area contributed by atoms with Gasteiger partial charge in [-0.2, -0.15) is 0 Å². The Balaban J connectivity index is 1.56. The first-order valence-corrected chi connectivity index (χ1v) is 7.22. The highest BCUT2D eigenvalue weighted by molar-refractivity contribution is 4.90. The Labute approximate surface area is 115 Å².